The molecule has 1 aromatic carbocycles. The molecule has 5 nitrogen and oxygen atoms in total. The molecule has 120 valence electrons. The quantitative estimate of drug-likeness (QED) is 0.834. The highest BCUT2D eigenvalue weighted by molar-refractivity contribution is 7.92. The highest BCUT2D eigenvalue weighted by atomic mass is 32.2. The van der Waals surface area contributed by atoms with Gasteiger partial charge < -0.3 is 15.2 Å². The number of hydrogen-bond donors (Lipinski definition) is 1. The molecule has 0 saturated heterocycles. The van der Waals surface area contributed by atoms with Crippen molar-refractivity contribution in [2.24, 2.45) is 5.73 Å². The second-order valence-corrected chi connectivity index (χ2v) is 8.52. The van der Waals surface area contributed by atoms with Gasteiger partial charge in [0.2, 0.25) is 0 Å². The van der Waals surface area contributed by atoms with Crippen molar-refractivity contribution >= 4 is 9.84 Å². The highest BCUT2D eigenvalue weighted by Crippen LogP contribution is 2.31. The average molecular weight is 315 g/mol. The summed E-state index contributed by atoms with van der Waals surface area (Å²) in [5.74, 6) is 1.08. The van der Waals surface area contributed by atoms with Gasteiger partial charge in [-0.05, 0) is 33.8 Å². The van der Waals surface area contributed by atoms with E-state index in [0.29, 0.717) is 24.7 Å². The lowest BCUT2D eigenvalue weighted by molar-refractivity contribution is 0.285. The molecule has 0 spiro atoms. The number of ether oxygens (including phenoxy) is 2. The molecule has 0 aromatic heterocycles. The standard InChI is InChI=1S/C15H25NO4S/c1-5-19-13-8-6-7-12(11-16)14(13)20-9-10-21(17,18)15(2,3)4/h6-8H,5,9-11,16H2,1-4H3. The van der Waals surface area contributed by atoms with Crippen LogP contribution in [-0.4, -0.2) is 32.1 Å². The van der Waals surface area contributed by atoms with Crippen LogP contribution in [0.15, 0.2) is 18.2 Å². The summed E-state index contributed by atoms with van der Waals surface area (Å²) in [5.41, 5.74) is 6.49. The molecule has 0 aliphatic heterocycles. The predicted octanol–water partition coefficient (Wildman–Crippen LogP) is 2.14. The van der Waals surface area contributed by atoms with E-state index in [1.807, 2.05) is 19.1 Å². The Morgan fingerprint density at radius 2 is 1.86 bits per heavy atom. The molecular weight excluding hydrogens is 290 g/mol. The van der Waals surface area contributed by atoms with Crippen molar-refractivity contribution in [1.29, 1.82) is 0 Å². The summed E-state index contributed by atoms with van der Waals surface area (Å²) >= 11 is 0. The Morgan fingerprint density at radius 1 is 1.19 bits per heavy atom. The number of benzene rings is 1. The number of sulfone groups is 1. The third kappa shape index (κ3) is 4.61. The van der Waals surface area contributed by atoms with Crippen LogP contribution in [0.5, 0.6) is 11.5 Å². The lowest BCUT2D eigenvalue weighted by Crippen LogP contribution is -2.32. The second-order valence-electron chi connectivity index (χ2n) is 5.66. The minimum Gasteiger partial charge on any atom is -0.490 e. The van der Waals surface area contributed by atoms with Gasteiger partial charge in [0.15, 0.2) is 21.3 Å². The summed E-state index contributed by atoms with van der Waals surface area (Å²) in [7, 11) is -3.21. The molecule has 0 aliphatic rings. The van der Waals surface area contributed by atoms with Gasteiger partial charge in [0.1, 0.15) is 6.61 Å². The van der Waals surface area contributed by atoms with Gasteiger partial charge in [-0.25, -0.2) is 8.42 Å². The first-order valence-corrected chi connectivity index (χ1v) is 8.68. The fourth-order valence-electron chi connectivity index (χ4n) is 1.71. The van der Waals surface area contributed by atoms with Gasteiger partial charge in [-0.2, -0.15) is 0 Å². The number of hydrogen-bond acceptors (Lipinski definition) is 5. The highest BCUT2D eigenvalue weighted by Gasteiger charge is 2.28. The Morgan fingerprint density at radius 3 is 2.38 bits per heavy atom. The molecule has 0 unspecified atom stereocenters. The molecule has 0 bridgehead atoms. The molecule has 6 heteroatoms. The van der Waals surface area contributed by atoms with Crippen LogP contribution in [-0.2, 0) is 16.4 Å². The summed E-state index contributed by atoms with van der Waals surface area (Å²) < 4.78 is 34.5. The molecule has 0 fully saturated rings. The largest absolute Gasteiger partial charge is 0.490 e. The fraction of sp³-hybridized carbons (Fsp3) is 0.600. The van der Waals surface area contributed by atoms with E-state index < -0.39 is 14.6 Å². The van der Waals surface area contributed by atoms with E-state index in [4.69, 9.17) is 15.2 Å². The first-order valence-electron chi connectivity index (χ1n) is 7.02. The molecular formula is C15H25NO4S. The molecule has 0 heterocycles. The minimum absolute atomic E-state index is 0.0407. The zero-order chi connectivity index (χ0) is 16.1. The van der Waals surface area contributed by atoms with E-state index in [1.54, 1.807) is 26.8 Å². The van der Waals surface area contributed by atoms with Crippen LogP contribution in [0.3, 0.4) is 0 Å². The molecule has 0 aliphatic carbocycles. The minimum atomic E-state index is -3.21. The summed E-state index contributed by atoms with van der Waals surface area (Å²) in [6, 6.07) is 5.47. The predicted molar refractivity (Wildman–Crippen MR) is 84.5 cm³/mol. The molecule has 0 amide bonds. The van der Waals surface area contributed by atoms with Crippen molar-refractivity contribution in [2.45, 2.75) is 39.0 Å². The van der Waals surface area contributed by atoms with Crippen LogP contribution >= 0.6 is 0 Å². The molecule has 1 rings (SSSR count). The summed E-state index contributed by atoms with van der Waals surface area (Å²) in [6.07, 6.45) is 0. The number of nitrogens with two attached hydrogens (primary N) is 1. The van der Waals surface area contributed by atoms with Gasteiger partial charge in [0, 0.05) is 12.1 Å². The maximum atomic E-state index is 12.1. The van der Waals surface area contributed by atoms with Crippen molar-refractivity contribution < 1.29 is 17.9 Å². The third-order valence-electron chi connectivity index (χ3n) is 3.11. The smallest absolute Gasteiger partial charge is 0.165 e. The fourth-order valence-corrected chi connectivity index (χ4v) is 2.63. The van der Waals surface area contributed by atoms with E-state index in [2.05, 4.69) is 0 Å². The van der Waals surface area contributed by atoms with Crippen LogP contribution in [0.2, 0.25) is 0 Å². The Labute approximate surface area is 127 Å². The van der Waals surface area contributed by atoms with Crippen LogP contribution in [0, 0.1) is 0 Å². The van der Waals surface area contributed by atoms with Crippen molar-refractivity contribution in [2.75, 3.05) is 19.0 Å². The Balaban J connectivity index is 2.84. The zero-order valence-electron chi connectivity index (χ0n) is 13.2. The molecule has 2 N–H and O–H groups in total. The SMILES string of the molecule is CCOc1cccc(CN)c1OCCS(=O)(=O)C(C)(C)C. The van der Waals surface area contributed by atoms with Crippen LogP contribution in [0.4, 0.5) is 0 Å². The monoisotopic (exact) mass is 315 g/mol. The lowest BCUT2D eigenvalue weighted by atomic mass is 10.2. The van der Waals surface area contributed by atoms with E-state index in [1.165, 1.54) is 0 Å². The lowest BCUT2D eigenvalue weighted by Gasteiger charge is -2.20. The van der Waals surface area contributed by atoms with E-state index in [9.17, 15) is 8.42 Å². The molecule has 0 radical (unpaired) electrons. The molecule has 0 saturated carbocycles. The molecule has 1 aromatic rings. The van der Waals surface area contributed by atoms with Gasteiger partial charge in [-0.3, -0.25) is 0 Å². The van der Waals surface area contributed by atoms with Crippen molar-refractivity contribution in [3.63, 3.8) is 0 Å². The first kappa shape index (κ1) is 17.8. The van der Waals surface area contributed by atoms with Gasteiger partial charge >= 0.3 is 0 Å². The van der Waals surface area contributed by atoms with E-state index >= 15 is 0 Å². The van der Waals surface area contributed by atoms with Gasteiger partial charge in [-0.1, -0.05) is 12.1 Å². The Kier molecular flexibility index (Phi) is 6.04. The summed E-state index contributed by atoms with van der Waals surface area (Å²) in [4.78, 5) is 0. The first-order chi connectivity index (χ1) is 9.73. The van der Waals surface area contributed by atoms with Crippen molar-refractivity contribution in [3.05, 3.63) is 23.8 Å². The second kappa shape index (κ2) is 7.13. The Bertz CT molecular complexity index is 562. The maximum absolute atomic E-state index is 12.1. The molecule has 0 atom stereocenters. The van der Waals surface area contributed by atoms with Gasteiger partial charge in [0.05, 0.1) is 17.1 Å². The third-order valence-corrected chi connectivity index (χ3v) is 5.68. The number of rotatable bonds is 7. The normalized spacial score (nSPS) is 12.2. The van der Waals surface area contributed by atoms with Crippen LogP contribution in [0.25, 0.3) is 0 Å². The molecule has 21 heavy (non-hydrogen) atoms. The van der Waals surface area contributed by atoms with Crippen molar-refractivity contribution in [1.82, 2.24) is 0 Å². The van der Waals surface area contributed by atoms with Crippen molar-refractivity contribution in [3.8, 4) is 11.5 Å². The van der Waals surface area contributed by atoms with E-state index in [-0.39, 0.29) is 12.4 Å². The van der Waals surface area contributed by atoms with Crippen LogP contribution in [0.1, 0.15) is 33.3 Å². The summed E-state index contributed by atoms with van der Waals surface area (Å²) in [5, 5.41) is 0. The maximum Gasteiger partial charge on any atom is 0.165 e. The topological polar surface area (TPSA) is 78.6 Å². The van der Waals surface area contributed by atoms with Crippen LogP contribution < -0.4 is 15.2 Å². The Hall–Kier alpha value is -1.27. The summed E-state index contributed by atoms with van der Waals surface area (Å²) in [6.45, 7) is 7.82. The zero-order valence-corrected chi connectivity index (χ0v) is 14.0. The van der Waals surface area contributed by atoms with E-state index in [0.717, 1.165) is 5.56 Å². The van der Waals surface area contributed by atoms with Gasteiger partial charge in [-0.15, -0.1) is 0 Å². The van der Waals surface area contributed by atoms with Gasteiger partial charge in [0.25, 0.3) is 0 Å². The number of para-hydroxylation sites is 1. The average Bonchev–Trinajstić information content (AvgIpc) is 2.39.